The lowest BCUT2D eigenvalue weighted by Gasteiger charge is -2.19. The number of alkyl carbamates (subject to hydrolysis) is 1. The molecule has 1 rings (SSSR count). The first-order chi connectivity index (χ1) is 8.37. The van der Waals surface area contributed by atoms with E-state index in [1.807, 2.05) is 0 Å². The fraction of sp³-hybridized carbons (Fsp3) is 0.417. The first-order valence-electron chi connectivity index (χ1n) is 5.55. The summed E-state index contributed by atoms with van der Waals surface area (Å²) in [5, 5.41) is 2.57. The summed E-state index contributed by atoms with van der Waals surface area (Å²) >= 11 is 0. The van der Waals surface area contributed by atoms with Gasteiger partial charge in [0.1, 0.15) is 5.60 Å². The van der Waals surface area contributed by atoms with E-state index in [1.165, 1.54) is 12.4 Å². The van der Waals surface area contributed by atoms with Crippen molar-refractivity contribution in [1.29, 1.82) is 0 Å². The van der Waals surface area contributed by atoms with E-state index in [-0.39, 0.29) is 5.56 Å². The van der Waals surface area contributed by atoms with Crippen molar-refractivity contribution in [3.05, 3.63) is 34.5 Å². The van der Waals surface area contributed by atoms with Crippen molar-refractivity contribution in [3.63, 3.8) is 0 Å². The van der Waals surface area contributed by atoms with Crippen LogP contribution in [0.2, 0.25) is 0 Å². The molecule has 6 heteroatoms. The maximum atomic E-state index is 11.3. The van der Waals surface area contributed by atoms with E-state index in [2.05, 4.69) is 15.3 Å². The van der Waals surface area contributed by atoms with Crippen LogP contribution in [0.1, 0.15) is 26.5 Å². The number of ether oxygens (including phenoxy) is 1. The second-order valence-electron chi connectivity index (χ2n) is 4.62. The van der Waals surface area contributed by atoms with Crippen molar-refractivity contribution in [1.82, 2.24) is 15.3 Å². The van der Waals surface area contributed by atoms with E-state index in [1.54, 1.807) is 32.9 Å². The van der Waals surface area contributed by atoms with Gasteiger partial charge in [-0.3, -0.25) is 4.79 Å². The summed E-state index contributed by atoms with van der Waals surface area (Å²) in [5.41, 5.74) is -0.145. The number of H-pyrrole nitrogens is 1. The summed E-state index contributed by atoms with van der Waals surface area (Å²) in [6, 6.07) is 0. The van der Waals surface area contributed by atoms with Gasteiger partial charge in [0.05, 0.1) is 11.9 Å². The molecule has 0 saturated heterocycles. The van der Waals surface area contributed by atoms with E-state index in [9.17, 15) is 9.59 Å². The van der Waals surface area contributed by atoms with Crippen LogP contribution in [0.4, 0.5) is 4.79 Å². The highest BCUT2D eigenvalue weighted by atomic mass is 16.6. The zero-order valence-electron chi connectivity index (χ0n) is 10.7. The van der Waals surface area contributed by atoms with Crippen LogP contribution in [0.5, 0.6) is 0 Å². The van der Waals surface area contributed by atoms with Crippen molar-refractivity contribution < 1.29 is 9.53 Å². The molecule has 0 bridgehead atoms. The Morgan fingerprint density at radius 3 is 2.83 bits per heavy atom. The van der Waals surface area contributed by atoms with Crippen molar-refractivity contribution in [2.24, 2.45) is 0 Å². The van der Waals surface area contributed by atoms with Crippen LogP contribution >= 0.6 is 0 Å². The molecule has 18 heavy (non-hydrogen) atoms. The third-order valence-corrected chi connectivity index (χ3v) is 1.74. The predicted molar refractivity (Wildman–Crippen MR) is 68.1 cm³/mol. The van der Waals surface area contributed by atoms with Gasteiger partial charge in [0.15, 0.2) is 0 Å². The third-order valence-electron chi connectivity index (χ3n) is 1.74. The number of hydrogen-bond acceptors (Lipinski definition) is 4. The average Bonchev–Trinajstić information content (AvgIpc) is 2.24. The Labute approximate surface area is 105 Å². The number of nitrogens with zero attached hydrogens (tertiary/aromatic N) is 1. The van der Waals surface area contributed by atoms with E-state index < -0.39 is 11.7 Å². The van der Waals surface area contributed by atoms with Crippen LogP contribution in [0, 0.1) is 0 Å². The van der Waals surface area contributed by atoms with E-state index in [4.69, 9.17) is 4.74 Å². The number of aromatic nitrogens is 2. The Kier molecular flexibility index (Phi) is 4.65. The van der Waals surface area contributed by atoms with Gasteiger partial charge in [-0.05, 0) is 26.8 Å². The molecule has 0 atom stereocenters. The summed E-state index contributed by atoms with van der Waals surface area (Å²) < 4.78 is 5.06. The molecule has 2 N–H and O–H groups in total. The van der Waals surface area contributed by atoms with Gasteiger partial charge in [-0.2, -0.15) is 0 Å². The monoisotopic (exact) mass is 251 g/mol. The lowest BCUT2D eigenvalue weighted by molar-refractivity contribution is 0.0534. The maximum Gasteiger partial charge on any atom is 0.407 e. The lowest BCUT2D eigenvalue weighted by atomic mass is 10.2. The highest BCUT2D eigenvalue weighted by Gasteiger charge is 2.14. The smallest absolute Gasteiger partial charge is 0.407 e. The van der Waals surface area contributed by atoms with Crippen LogP contribution in [-0.2, 0) is 4.74 Å². The molecule has 6 nitrogen and oxygen atoms in total. The van der Waals surface area contributed by atoms with Gasteiger partial charge >= 0.3 is 6.09 Å². The molecule has 1 aromatic rings. The van der Waals surface area contributed by atoms with Gasteiger partial charge in [0.25, 0.3) is 5.56 Å². The molecule has 1 heterocycles. The van der Waals surface area contributed by atoms with Crippen LogP contribution in [-0.4, -0.2) is 28.2 Å². The maximum absolute atomic E-state index is 11.3. The van der Waals surface area contributed by atoms with E-state index in [0.717, 1.165) is 0 Å². The van der Waals surface area contributed by atoms with Crippen LogP contribution in [0.25, 0.3) is 6.08 Å². The molecule has 0 saturated carbocycles. The minimum atomic E-state index is -0.506. The number of aromatic amines is 1. The normalized spacial score (nSPS) is 11.5. The minimum Gasteiger partial charge on any atom is -0.444 e. The molecular weight excluding hydrogens is 234 g/mol. The van der Waals surface area contributed by atoms with E-state index >= 15 is 0 Å². The quantitative estimate of drug-likeness (QED) is 0.848. The van der Waals surface area contributed by atoms with Crippen LogP contribution < -0.4 is 10.9 Å². The highest BCUT2D eigenvalue weighted by molar-refractivity contribution is 5.68. The van der Waals surface area contributed by atoms with Gasteiger partial charge < -0.3 is 15.0 Å². The van der Waals surface area contributed by atoms with Crippen molar-refractivity contribution in [3.8, 4) is 0 Å². The Bertz CT molecular complexity index is 466. The molecule has 0 radical (unpaired) electrons. The van der Waals surface area contributed by atoms with Crippen LogP contribution in [0.3, 0.4) is 0 Å². The standard InChI is InChI=1S/C12H17N3O3/c1-12(2,3)18-11(17)13-6-4-5-9-7-15-10(16)8-14-9/h4-5,7-8H,6H2,1-3H3,(H,13,17)(H,15,16). The number of rotatable bonds is 3. The number of nitrogens with one attached hydrogen (secondary N) is 2. The van der Waals surface area contributed by atoms with Crippen molar-refractivity contribution in [2.75, 3.05) is 6.54 Å². The Morgan fingerprint density at radius 2 is 2.28 bits per heavy atom. The number of carbonyl (C=O) groups is 1. The average molecular weight is 251 g/mol. The number of amides is 1. The zero-order valence-corrected chi connectivity index (χ0v) is 10.7. The zero-order chi connectivity index (χ0) is 13.6. The van der Waals surface area contributed by atoms with Gasteiger partial charge in [-0.1, -0.05) is 6.08 Å². The van der Waals surface area contributed by atoms with Gasteiger partial charge in [-0.25, -0.2) is 9.78 Å². The summed E-state index contributed by atoms with van der Waals surface area (Å²) in [6.07, 6.45) is 5.62. The molecular formula is C12H17N3O3. The molecule has 1 amide bonds. The second-order valence-corrected chi connectivity index (χ2v) is 4.62. The predicted octanol–water partition coefficient (Wildman–Crippen LogP) is 1.31. The third kappa shape index (κ3) is 5.83. The molecule has 0 aliphatic heterocycles. The van der Waals surface area contributed by atoms with Gasteiger partial charge in [-0.15, -0.1) is 0 Å². The fourth-order valence-corrected chi connectivity index (χ4v) is 1.08. The lowest BCUT2D eigenvalue weighted by Crippen LogP contribution is -2.32. The Hall–Kier alpha value is -2.11. The fourth-order valence-electron chi connectivity index (χ4n) is 1.08. The molecule has 98 valence electrons. The number of hydrogen-bond donors (Lipinski definition) is 2. The largest absolute Gasteiger partial charge is 0.444 e. The summed E-state index contributed by atoms with van der Waals surface area (Å²) in [7, 11) is 0. The minimum absolute atomic E-state index is 0.251. The van der Waals surface area contributed by atoms with Crippen molar-refractivity contribution in [2.45, 2.75) is 26.4 Å². The number of carbonyl (C=O) groups excluding carboxylic acids is 1. The Balaban J connectivity index is 2.35. The summed E-state index contributed by atoms with van der Waals surface area (Å²) in [5.74, 6) is 0. The molecule has 0 unspecified atom stereocenters. The van der Waals surface area contributed by atoms with Crippen LogP contribution in [0.15, 0.2) is 23.3 Å². The molecule has 0 spiro atoms. The van der Waals surface area contributed by atoms with Gasteiger partial charge in [0.2, 0.25) is 0 Å². The Morgan fingerprint density at radius 1 is 1.56 bits per heavy atom. The first-order valence-corrected chi connectivity index (χ1v) is 5.55. The highest BCUT2D eigenvalue weighted by Crippen LogP contribution is 2.06. The van der Waals surface area contributed by atoms with E-state index in [0.29, 0.717) is 12.2 Å². The second kappa shape index (κ2) is 6.00. The SMILES string of the molecule is CC(C)(C)OC(=O)NCC=Cc1c[nH]c(=O)cn1. The summed E-state index contributed by atoms with van der Waals surface area (Å²) in [6.45, 7) is 5.72. The van der Waals surface area contributed by atoms with Gasteiger partial charge in [0, 0.05) is 12.7 Å². The first kappa shape index (κ1) is 14.0. The molecule has 0 aliphatic rings. The molecule has 0 aromatic carbocycles. The summed E-state index contributed by atoms with van der Waals surface area (Å²) in [4.78, 5) is 28.4. The molecule has 0 fully saturated rings. The molecule has 1 aromatic heterocycles. The van der Waals surface area contributed by atoms with Crippen molar-refractivity contribution >= 4 is 12.2 Å². The topological polar surface area (TPSA) is 84.1 Å². The molecule has 0 aliphatic carbocycles.